The first-order valence-electron chi connectivity index (χ1n) is 9.40. The lowest BCUT2D eigenvalue weighted by molar-refractivity contribution is -0.119. The average molecular weight is 413 g/mol. The predicted octanol–water partition coefficient (Wildman–Crippen LogP) is 2.91. The molecular weight excluding hydrogens is 393 g/mol. The number of amides is 1. The largest absolute Gasteiger partial charge is 0.376 e. The van der Waals surface area contributed by atoms with Gasteiger partial charge in [0.1, 0.15) is 5.82 Å². The maximum atomic E-state index is 13.4. The van der Waals surface area contributed by atoms with Crippen molar-refractivity contribution >= 4 is 28.6 Å². The van der Waals surface area contributed by atoms with Crippen molar-refractivity contribution in [3.63, 3.8) is 0 Å². The minimum absolute atomic E-state index is 0.0696. The Bertz CT molecular complexity index is 1080. The number of aromatic nitrogens is 2. The van der Waals surface area contributed by atoms with Gasteiger partial charge >= 0.3 is 0 Å². The Hall–Kier alpha value is -2.71. The SMILES string of the molecule is O=C(CSc1nc2ccccc2c(=O)n1-c1ccc(F)cc1)NCC1CCCO1. The van der Waals surface area contributed by atoms with Gasteiger partial charge in [-0.25, -0.2) is 9.37 Å². The molecule has 2 heterocycles. The van der Waals surface area contributed by atoms with Crippen LogP contribution in [-0.2, 0) is 9.53 Å². The molecule has 4 rings (SSSR count). The van der Waals surface area contributed by atoms with Crippen molar-refractivity contribution in [1.82, 2.24) is 14.9 Å². The smallest absolute Gasteiger partial charge is 0.266 e. The minimum atomic E-state index is -0.391. The van der Waals surface area contributed by atoms with Crippen LogP contribution in [0.25, 0.3) is 16.6 Å². The number of fused-ring (bicyclic) bond motifs is 1. The zero-order valence-corrected chi connectivity index (χ0v) is 16.5. The highest BCUT2D eigenvalue weighted by atomic mass is 32.2. The maximum Gasteiger partial charge on any atom is 0.266 e. The number of para-hydroxylation sites is 1. The topological polar surface area (TPSA) is 73.2 Å². The summed E-state index contributed by atoms with van der Waals surface area (Å²) >= 11 is 1.17. The molecule has 1 aliphatic rings. The third-order valence-electron chi connectivity index (χ3n) is 4.71. The third kappa shape index (κ3) is 4.49. The maximum absolute atomic E-state index is 13.4. The molecule has 1 amide bonds. The van der Waals surface area contributed by atoms with Crippen molar-refractivity contribution < 1.29 is 13.9 Å². The van der Waals surface area contributed by atoms with Crippen LogP contribution < -0.4 is 10.9 Å². The fraction of sp³-hybridized carbons (Fsp3) is 0.286. The highest BCUT2D eigenvalue weighted by Gasteiger charge is 2.18. The van der Waals surface area contributed by atoms with E-state index in [0.29, 0.717) is 28.3 Å². The molecule has 8 heteroatoms. The molecule has 1 saturated heterocycles. The van der Waals surface area contributed by atoms with Crippen molar-refractivity contribution in [3.05, 3.63) is 64.7 Å². The first-order chi connectivity index (χ1) is 14.1. The first kappa shape index (κ1) is 19.6. The standard InChI is InChI=1S/C21H20FN3O3S/c22-14-7-9-15(10-8-14)25-20(27)17-5-1-2-6-18(17)24-21(25)29-13-19(26)23-12-16-4-3-11-28-16/h1-2,5-10,16H,3-4,11-13H2,(H,23,26). The molecule has 0 spiro atoms. The summed E-state index contributed by atoms with van der Waals surface area (Å²) in [4.78, 5) is 29.9. The number of halogens is 1. The van der Waals surface area contributed by atoms with Gasteiger partial charge in [0.15, 0.2) is 5.16 Å². The van der Waals surface area contributed by atoms with Gasteiger partial charge in [0.2, 0.25) is 5.91 Å². The van der Waals surface area contributed by atoms with E-state index in [-0.39, 0.29) is 23.3 Å². The zero-order valence-electron chi connectivity index (χ0n) is 15.6. The molecule has 29 heavy (non-hydrogen) atoms. The van der Waals surface area contributed by atoms with Gasteiger partial charge in [-0.1, -0.05) is 23.9 Å². The van der Waals surface area contributed by atoms with Crippen molar-refractivity contribution in [2.24, 2.45) is 0 Å². The Morgan fingerprint density at radius 2 is 2.03 bits per heavy atom. The van der Waals surface area contributed by atoms with Crippen LogP contribution in [0.15, 0.2) is 58.5 Å². The molecule has 1 N–H and O–H groups in total. The van der Waals surface area contributed by atoms with Crippen LogP contribution in [0.1, 0.15) is 12.8 Å². The van der Waals surface area contributed by atoms with E-state index in [1.807, 2.05) is 0 Å². The molecule has 1 atom stereocenters. The number of benzene rings is 2. The van der Waals surface area contributed by atoms with Gasteiger partial charge in [0.05, 0.1) is 28.4 Å². The summed E-state index contributed by atoms with van der Waals surface area (Å²) in [5.74, 6) is -0.435. The number of carbonyl (C=O) groups excluding carboxylic acids is 1. The second kappa shape index (κ2) is 8.75. The molecule has 0 bridgehead atoms. The lowest BCUT2D eigenvalue weighted by Gasteiger charge is -2.14. The highest BCUT2D eigenvalue weighted by Crippen LogP contribution is 2.21. The molecule has 1 aromatic heterocycles. The van der Waals surface area contributed by atoms with Gasteiger partial charge < -0.3 is 10.1 Å². The molecule has 6 nitrogen and oxygen atoms in total. The number of thioether (sulfide) groups is 1. The molecule has 1 fully saturated rings. The van der Waals surface area contributed by atoms with E-state index in [2.05, 4.69) is 10.3 Å². The molecule has 0 saturated carbocycles. The molecular formula is C21H20FN3O3S. The van der Waals surface area contributed by atoms with Gasteiger partial charge in [0.25, 0.3) is 5.56 Å². The van der Waals surface area contributed by atoms with Crippen LogP contribution in [0, 0.1) is 5.82 Å². The minimum Gasteiger partial charge on any atom is -0.376 e. The summed E-state index contributed by atoms with van der Waals surface area (Å²) in [5, 5.41) is 3.71. The first-order valence-corrected chi connectivity index (χ1v) is 10.4. The highest BCUT2D eigenvalue weighted by molar-refractivity contribution is 7.99. The molecule has 0 aliphatic carbocycles. The van der Waals surface area contributed by atoms with Gasteiger partial charge in [-0.05, 0) is 49.2 Å². The van der Waals surface area contributed by atoms with E-state index in [9.17, 15) is 14.0 Å². The van der Waals surface area contributed by atoms with E-state index in [0.717, 1.165) is 19.4 Å². The molecule has 0 radical (unpaired) electrons. The van der Waals surface area contributed by atoms with Crippen molar-refractivity contribution in [1.29, 1.82) is 0 Å². The van der Waals surface area contributed by atoms with E-state index < -0.39 is 5.82 Å². The number of rotatable bonds is 6. The average Bonchev–Trinajstić information content (AvgIpc) is 3.25. The Morgan fingerprint density at radius 1 is 1.24 bits per heavy atom. The van der Waals surface area contributed by atoms with Crippen LogP contribution in [0.3, 0.4) is 0 Å². The number of hydrogen-bond acceptors (Lipinski definition) is 5. The summed E-state index contributed by atoms with van der Waals surface area (Å²) in [6.07, 6.45) is 2.03. The Balaban J connectivity index is 1.60. The monoisotopic (exact) mass is 413 g/mol. The molecule has 1 unspecified atom stereocenters. The van der Waals surface area contributed by atoms with E-state index in [1.165, 1.54) is 40.6 Å². The normalized spacial score (nSPS) is 16.2. The predicted molar refractivity (Wildman–Crippen MR) is 110 cm³/mol. The van der Waals surface area contributed by atoms with Crippen LogP contribution in [0.5, 0.6) is 0 Å². The third-order valence-corrected chi connectivity index (χ3v) is 5.65. The zero-order chi connectivity index (χ0) is 20.2. The van der Waals surface area contributed by atoms with E-state index >= 15 is 0 Å². The molecule has 2 aromatic carbocycles. The van der Waals surface area contributed by atoms with Crippen LogP contribution in [0.2, 0.25) is 0 Å². The van der Waals surface area contributed by atoms with Crippen LogP contribution >= 0.6 is 11.8 Å². The molecule has 3 aromatic rings. The number of nitrogens with one attached hydrogen (secondary N) is 1. The van der Waals surface area contributed by atoms with E-state index in [4.69, 9.17) is 4.74 Å². The second-order valence-electron chi connectivity index (χ2n) is 6.76. The van der Waals surface area contributed by atoms with Crippen molar-refractivity contribution in [2.75, 3.05) is 18.9 Å². The molecule has 1 aliphatic heterocycles. The van der Waals surface area contributed by atoms with Crippen molar-refractivity contribution in [3.8, 4) is 5.69 Å². The van der Waals surface area contributed by atoms with Gasteiger partial charge in [0, 0.05) is 13.2 Å². The summed E-state index contributed by atoms with van der Waals surface area (Å²) < 4.78 is 20.3. The van der Waals surface area contributed by atoms with Gasteiger partial charge in [-0.2, -0.15) is 0 Å². The fourth-order valence-electron chi connectivity index (χ4n) is 3.24. The lowest BCUT2D eigenvalue weighted by Crippen LogP contribution is -2.33. The second-order valence-corrected chi connectivity index (χ2v) is 7.70. The summed E-state index contributed by atoms with van der Waals surface area (Å²) in [6, 6.07) is 12.7. The fourth-order valence-corrected chi connectivity index (χ4v) is 4.08. The van der Waals surface area contributed by atoms with Crippen LogP contribution in [-0.4, -0.2) is 40.5 Å². The summed E-state index contributed by atoms with van der Waals surface area (Å²) in [5.41, 5.74) is 0.791. The quantitative estimate of drug-likeness (QED) is 0.497. The van der Waals surface area contributed by atoms with E-state index in [1.54, 1.807) is 24.3 Å². The number of hydrogen-bond donors (Lipinski definition) is 1. The lowest BCUT2D eigenvalue weighted by atomic mass is 10.2. The van der Waals surface area contributed by atoms with Crippen molar-refractivity contribution in [2.45, 2.75) is 24.1 Å². The molecule has 150 valence electrons. The number of carbonyl (C=O) groups is 1. The number of nitrogens with zero attached hydrogens (tertiary/aromatic N) is 2. The summed E-state index contributed by atoms with van der Waals surface area (Å²) in [7, 11) is 0. The Morgan fingerprint density at radius 3 is 2.79 bits per heavy atom. The Kier molecular flexibility index (Phi) is 5.92. The number of ether oxygens (including phenoxy) is 1. The summed E-state index contributed by atoms with van der Waals surface area (Å²) in [6.45, 7) is 1.22. The van der Waals surface area contributed by atoms with Crippen LogP contribution in [0.4, 0.5) is 4.39 Å². The van der Waals surface area contributed by atoms with Gasteiger partial charge in [-0.15, -0.1) is 0 Å². The Labute approximate surface area is 171 Å². The van der Waals surface area contributed by atoms with Gasteiger partial charge in [-0.3, -0.25) is 14.2 Å².